The molecule has 0 saturated carbocycles. The number of carbonyl (C=O) groups excluding carboxylic acids is 1. The molecule has 0 spiro atoms. The van der Waals surface area contributed by atoms with Crippen LogP contribution in [0.2, 0.25) is 0 Å². The highest BCUT2D eigenvalue weighted by Crippen LogP contribution is 2.29. The molecule has 0 unspecified atom stereocenters. The Hall–Kier alpha value is -2.63. The smallest absolute Gasteiger partial charge is 0.291 e. The first-order valence-corrected chi connectivity index (χ1v) is 7.41. The first-order valence-electron chi connectivity index (χ1n) is 7.41. The number of furan rings is 1. The second-order valence-corrected chi connectivity index (χ2v) is 5.49. The maximum atomic E-state index is 12.3. The summed E-state index contributed by atoms with van der Waals surface area (Å²) in [6, 6.07) is 7.97. The van der Waals surface area contributed by atoms with Gasteiger partial charge < -0.3 is 9.32 Å². The third-order valence-electron chi connectivity index (χ3n) is 4.17. The Kier molecular flexibility index (Phi) is 2.79. The molecule has 0 saturated heterocycles. The zero-order valence-electron chi connectivity index (χ0n) is 12.5. The maximum Gasteiger partial charge on any atom is 0.291 e. The molecule has 22 heavy (non-hydrogen) atoms. The van der Waals surface area contributed by atoms with Crippen molar-refractivity contribution in [1.29, 1.82) is 0 Å². The molecule has 6 heteroatoms. The molecule has 0 fully saturated rings. The Morgan fingerprint density at radius 2 is 2.05 bits per heavy atom. The molecule has 6 nitrogen and oxygen atoms in total. The fourth-order valence-corrected chi connectivity index (χ4v) is 2.94. The number of aromatic nitrogens is 3. The van der Waals surface area contributed by atoms with Gasteiger partial charge in [0, 0.05) is 25.0 Å². The van der Waals surface area contributed by atoms with Gasteiger partial charge in [-0.1, -0.05) is 18.2 Å². The average Bonchev–Trinajstić information content (AvgIpc) is 3.12. The molecule has 112 valence electrons. The number of para-hydroxylation sites is 1. The topological polar surface area (TPSA) is 64.2 Å². The molecular weight excluding hydrogens is 280 g/mol. The van der Waals surface area contributed by atoms with Gasteiger partial charge in [-0.25, -0.2) is 0 Å². The predicted molar refractivity (Wildman–Crippen MR) is 81.5 cm³/mol. The van der Waals surface area contributed by atoms with E-state index < -0.39 is 0 Å². The Morgan fingerprint density at radius 1 is 1.23 bits per heavy atom. The second-order valence-electron chi connectivity index (χ2n) is 5.49. The second kappa shape index (κ2) is 4.69. The quantitative estimate of drug-likeness (QED) is 0.728. The largest absolute Gasteiger partial charge is 0.452 e. The lowest BCUT2D eigenvalue weighted by Crippen LogP contribution is -2.40. The number of fused-ring (bicyclic) bond motifs is 2. The van der Waals surface area contributed by atoms with Gasteiger partial charge in [0.05, 0.1) is 0 Å². The number of hydrogen-bond donors (Lipinski definition) is 0. The Bertz CT molecular complexity index is 878. The molecule has 0 N–H and O–H groups in total. The van der Waals surface area contributed by atoms with Crippen molar-refractivity contribution in [2.24, 2.45) is 0 Å². The highest BCUT2D eigenvalue weighted by Gasteiger charge is 2.29. The van der Waals surface area contributed by atoms with E-state index in [4.69, 9.17) is 4.42 Å². The van der Waals surface area contributed by atoms with E-state index in [-0.39, 0.29) is 5.91 Å². The molecule has 2 aromatic heterocycles. The van der Waals surface area contributed by atoms with Crippen molar-refractivity contribution in [3.8, 4) is 11.6 Å². The molecule has 0 bridgehead atoms. The third kappa shape index (κ3) is 1.76. The molecule has 0 aliphatic carbocycles. The third-order valence-corrected chi connectivity index (χ3v) is 4.17. The van der Waals surface area contributed by atoms with Crippen LogP contribution in [-0.4, -0.2) is 38.7 Å². The fourth-order valence-electron chi connectivity index (χ4n) is 2.94. The number of aryl methyl sites for hydroxylation is 1. The highest BCUT2D eigenvalue weighted by molar-refractivity contribution is 5.92. The standard InChI is InChI=1S/C16H16N4O2/c1-3-19-7-8-20-14(17-18-15(20)16(19)21)12-9-11-6-4-5-10(2)13(11)22-12/h4-6,9H,3,7-8H2,1-2H3. The van der Waals surface area contributed by atoms with E-state index in [9.17, 15) is 4.79 Å². The Morgan fingerprint density at radius 3 is 2.82 bits per heavy atom. The minimum absolute atomic E-state index is 0.0696. The van der Waals surface area contributed by atoms with E-state index >= 15 is 0 Å². The van der Waals surface area contributed by atoms with Crippen LogP contribution in [-0.2, 0) is 6.54 Å². The van der Waals surface area contributed by atoms with Gasteiger partial charge >= 0.3 is 0 Å². The molecule has 3 heterocycles. The van der Waals surface area contributed by atoms with Crippen molar-refractivity contribution >= 4 is 16.9 Å². The van der Waals surface area contributed by atoms with Gasteiger partial charge in [-0.2, -0.15) is 0 Å². The van der Waals surface area contributed by atoms with Crippen LogP contribution in [0.1, 0.15) is 23.1 Å². The van der Waals surface area contributed by atoms with Crippen molar-refractivity contribution in [3.63, 3.8) is 0 Å². The number of rotatable bonds is 2. The van der Waals surface area contributed by atoms with Crippen LogP contribution in [0, 0.1) is 6.92 Å². The van der Waals surface area contributed by atoms with E-state index in [2.05, 4.69) is 10.2 Å². The minimum atomic E-state index is -0.0696. The Labute approximate surface area is 127 Å². The highest BCUT2D eigenvalue weighted by atomic mass is 16.3. The van der Waals surface area contributed by atoms with Gasteiger partial charge in [-0.15, -0.1) is 10.2 Å². The summed E-state index contributed by atoms with van der Waals surface area (Å²) in [6.45, 7) is 6.02. The normalized spacial score (nSPS) is 14.6. The molecular formula is C16H16N4O2. The van der Waals surface area contributed by atoms with Crippen LogP contribution < -0.4 is 0 Å². The molecule has 1 aliphatic heterocycles. The average molecular weight is 296 g/mol. The first kappa shape index (κ1) is 13.1. The minimum Gasteiger partial charge on any atom is -0.452 e. The van der Waals surface area contributed by atoms with Crippen molar-refractivity contribution in [2.45, 2.75) is 20.4 Å². The van der Waals surface area contributed by atoms with Crippen LogP contribution in [0.4, 0.5) is 0 Å². The van der Waals surface area contributed by atoms with Gasteiger partial charge in [0.25, 0.3) is 5.91 Å². The fraction of sp³-hybridized carbons (Fsp3) is 0.312. The summed E-state index contributed by atoms with van der Waals surface area (Å²) in [5.74, 6) is 1.59. The van der Waals surface area contributed by atoms with Gasteiger partial charge in [-0.3, -0.25) is 9.36 Å². The van der Waals surface area contributed by atoms with Gasteiger partial charge in [0.15, 0.2) is 11.6 Å². The molecule has 3 aromatic rings. The van der Waals surface area contributed by atoms with Crippen molar-refractivity contribution in [1.82, 2.24) is 19.7 Å². The lowest BCUT2D eigenvalue weighted by molar-refractivity contribution is 0.0707. The van der Waals surface area contributed by atoms with Gasteiger partial charge in [-0.05, 0) is 25.5 Å². The first-order chi connectivity index (χ1) is 10.7. The van der Waals surface area contributed by atoms with E-state index in [1.54, 1.807) is 4.90 Å². The van der Waals surface area contributed by atoms with E-state index in [1.807, 2.05) is 42.7 Å². The van der Waals surface area contributed by atoms with Crippen LogP contribution in [0.3, 0.4) is 0 Å². The summed E-state index contributed by atoms with van der Waals surface area (Å²) >= 11 is 0. The summed E-state index contributed by atoms with van der Waals surface area (Å²) in [7, 11) is 0. The monoisotopic (exact) mass is 296 g/mol. The number of amides is 1. The summed E-state index contributed by atoms with van der Waals surface area (Å²) in [6.07, 6.45) is 0. The summed E-state index contributed by atoms with van der Waals surface area (Å²) in [4.78, 5) is 14.1. The molecule has 1 aromatic carbocycles. The molecule has 0 radical (unpaired) electrons. The number of hydrogen-bond acceptors (Lipinski definition) is 4. The van der Waals surface area contributed by atoms with Crippen molar-refractivity contribution in [3.05, 3.63) is 35.7 Å². The summed E-state index contributed by atoms with van der Waals surface area (Å²) < 4.78 is 7.80. The summed E-state index contributed by atoms with van der Waals surface area (Å²) in [5, 5.41) is 9.28. The molecule has 1 amide bonds. The number of nitrogens with zero attached hydrogens (tertiary/aromatic N) is 4. The van der Waals surface area contributed by atoms with Gasteiger partial charge in [0.1, 0.15) is 5.58 Å². The van der Waals surface area contributed by atoms with Crippen LogP contribution in [0.25, 0.3) is 22.6 Å². The molecule has 1 aliphatic rings. The number of likely N-dealkylation sites (N-methyl/N-ethyl adjacent to an activating group) is 1. The lowest BCUT2D eigenvalue weighted by atomic mass is 10.2. The predicted octanol–water partition coefficient (Wildman–Crippen LogP) is 2.48. The van der Waals surface area contributed by atoms with E-state index in [0.717, 1.165) is 16.5 Å². The molecule has 0 atom stereocenters. The lowest BCUT2D eigenvalue weighted by Gasteiger charge is -2.25. The Balaban J connectivity index is 1.84. The summed E-state index contributed by atoms with van der Waals surface area (Å²) in [5.41, 5.74) is 1.93. The van der Waals surface area contributed by atoms with E-state index in [1.165, 1.54) is 0 Å². The van der Waals surface area contributed by atoms with Crippen LogP contribution in [0.5, 0.6) is 0 Å². The van der Waals surface area contributed by atoms with E-state index in [0.29, 0.717) is 37.0 Å². The van der Waals surface area contributed by atoms with Crippen LogP contribution in [0.15, 0.2) is 28.7 Å². The number of benzene rings is 1. The number of carbonyl (C=O) groups is 1. The van der Waals surface area contributed by atoms with Crippen molar-refractivity contribution in [2.75, 3.05) is 13.1 Å². The van der Waals surface area contributed by atoms with Crippen LogP contribution >= 0.6 is 0 Å². The zero-order chi connectivity index (χ0) is 15.3. The van der Waals surface area contributed by atoms with Crippen molar-refractivity contribution < 1.29 is 9.21 Å². The molecule has 4 rings (SSSR count). The van der Waals surface area contributed by atoms with Gasteiger partial charge in [0.2, 0.25) is 5.82 Å². The maximum absolute atomic E-state index is 12.3. The SMILES string of the molecule is CCN1CCn2c(nnc2-c2cc3cccc(C)c3o2)C1=O. The zero-order valence-corrected chi connectivity index (χ0v) is 12.5.